The van der Waals surface area contributed by atoms with Crippen molar-refractivity contribution in [2.24, 2.45) is 0 Å². The van der Waals surface area contributed by atoms with Crippen molar-refractivity contribution < 1.29 is 9.53 Å². The molecule has 2 N–H and O–H groups in total. The molecule has 2 fully saturated rings. The number of amides is 1. The molecule has 120 valence electrons. The number of piperidine rings is 1. The lowest BCUT2D eigenvalue weighted by molar-refractivity contribution is -0.117. The van der Waals surface area contributed by atoms with E-state index in [0.717, 1.165) is 37.7 Å². The third-order valence-electron chi connectivity index (χ3n) is 4.14. The van der Waals surface area contributed by atoms with Crippen molar-refractivity contribution in [3.63, 3.8) is 0 Å². The molecule has 2 saturated heterocycles. The fraction of sp³-hybridized carbons (Fsp3) is 0.625. The topological polar surface area (TPSA) is 66.5 Å². The van der Waals surface area contributed by atoms with Crippen LogP contribution in [0.2, 0.25) is 0 Å². The Morgan fingerprint density at radius 1 is 1.36 bits per heavy atom. The van der Waals surface area contributed by atoms with Crippen molar-refractivity contribution in [1.82, 2.24) is 10.3 Å². The van der Waals surface area contributed by atoms with Crippen LogP contribution in [0.3, 0.4) is 0 Å². The highest BCUT2D eigenvalue weighted by molar-refractivity contribution is 5.91. The van der Waals surface area contributed by atoms with Crippen LogP contribution >= 0.6 is 0 Å². The van der Waals surface area contributed by atoms with Gasteiger partial charge in [-0.2, -0.15) is 0 Å². The molecule has 3 heterocycles. The molecule has 1 aromatic heterocycles. The van der Waals surface area contributed by atoms with E-state index >= 15 is 0 Å². The normalized spacial score (nSPS) is 22.4. The van der Waals surface area contributed by atoms with Gasteiger partial charge in [0.2, 0.25) is 5.91 Å². The van der Waals surface area contributed by atoms with Gasteiger partial charge in [0.25, 0.3) is 0 Å². The van der Waals surface area contributed by atoms with Gasteiger partial charge >= 0.3 is 0 Å². The van der Waals surface area contributed by atoms with E-state index in [1.807, 2.05) is 12.1 Å². The van der Waals surface area contributed by atoms with Gasteiger partial charge in [0, 0.05) is 32.1 Å². The van der Waals surface area contributed by atoms with Crippen LogP contribution in [0.25, 0.3) is 0 Å². The van der Waals surface area contributed by atoms with Crippen LogP contribution in [0.15, 0.2) is 18.3 Å². The number of rotatable bonds is 4. The summed E-state index contributed by atoms with van der Waals surface area (Å²) in [6, 6.07) is 4.03. The third kappa shape index (κ3) is 4.18. The van der Waals surface area contributed by atoms with Gasteiger partial charge in [-0.3, -0.25) is 4.79 Å². The maximum atomic E-state index is 12.0. The van der Waals surface area contributed by atoms with Crippen LogP contribution in [0.4, 0.5) is 11.5 Å². The highest BCUT2D eigenvalue weighted by Gasteiger charge is 2.17. The summed E-state index contributed by atoms with van der Waals surface area (Å²) in [4.78, 5) is 18.8. The highest BCUT2D eigenvalue weighted by Crippen LogP contribution is 2.19. The van der Waals surface area contributed by atoms with Crippen LogP contribution < -0.4 is 15.5 Å². The summed E-state index contributed by atoms with van der Waals surface area (Å²) in [5, 5.41) is 6.18. The minimum absolute atomic E-state index is 0.00415. The van der Waals surface area contributed by atoms with Gasteiger partial charge in [0.05, 0.1) is 25.1 Å². The number of carbonyl (C=O) groups is 1. The molecule has 0 aromatic carbocycles. The molecule has 6 nitrogen and oxygen atoms in total. The zero-order valence-corrected chi connectivity index (χ0v) is 12.9. The minimum Gasteiger partial charge on any atom is -0.378 e. The van der Waals surface area contributed by atoms with E-state index in [0.29, 0.717) is 13.0 Å². The van der Waals surface area contributed by atoms with E-state index in [9.17, 15) is 4.79 Å². The first-order chi connectivity index (χ1) is 10.8. The summed E-state index contributed by atoms with van der Waals surface area (Å²) in [6.45, 7) is 4.28. The lowest BCUT2D eigenvalue weighted by atomic mass is 10.1. The molecule has 0 aliphatic carbocycles. The molecule has 6 heteroatoms. The number of ether oxygens (including phenoxy) is 1. The number of anilines is 2. The summed E-state index contributed by atoms with van der Waals surface area (Å²) in [6.07, 6.45) is 5.94. The van der Waals surface area contributed by atoms with E-state index in [2.05, 4.69) is 20.5 Å². The molecule has 1 unspecified atom stereocenters. The average molecular weight is 304 g/mol. The van der Waals surface area contributed by atoms with Crippen LogP contribution in [-0.4, -0.2) is 49.8 Å². The fourth-order valence-corrected chi connectivity index (χ4v) is 2.96. The first-order valence-electron chi connectivity index (χ1n) is 8.13. The second kappa shape index (κ2) is 7.56. The molecule has 22 heavy (non-hydrogen) atoms. The predicted molar refractivity (Wildman–Crippen MR) is 86.2 cm³/mol. The number of hydrogen-bond donors (Lipinski definition) is 2. The Balaban J connectivity index is 1.50. The molecule has 2 aliphatic heterocycles. The standard InChI is InChI=1S/C16H24N4O2/c21-16(10-14-12-22-9-6-17-14)19-13-4-5-15(18-11-13)20-7-2-1-3-8-20/h4-5,11,14,17H,1-3,6-10,12H2,(H,19,21). The Bertz CT molecular complexity index is 479. The summed E-state index contributed by atoms with van der Waals surface area (Å²) in [5.41, 5.74) is 0.752. The van der Waals surface area contributed by atoms with Gasteiger partial charge in [0.1, 0.15) is 5.82 Å². The average Bonchev–Trinajstić information content (AvgIpc) is 2.57. The Labute approximate surface area is 131 Å². The van der Waals surface area contributed by atoms with Gasteiger partial charge in [-0.1, -0.05) is 0 Å². The highest BCUT2D eigenvalue weighted by atomic mass is 16.5. The van der Waals surface area contributed by atoms with E-state index < -0.39 is 0 Å². The van der Waals surface area contributed by atoms with Crippen molar-refractivity contribution in [3.05, 3.63) is 18.3 Å². The molecule has 2 aliphatic rings. The molecule has 0 saturated carbocycles. The van der Waals surface area contributed by atoms with Crippen molar-refractivity contribution in [2.75, 3.05) is 43.1 Å². The fourth-order valence-electron chi connectivity index (χ4n) is 2.96. The molecule has 0 spiro atoms. The maximum Gasteiger partial charge on any atom is 0.226 e. The molecule has 0 bridgehead atoms. The number of carbonyl (C=O) groups excluding carboxylic acids is 1. The smallest absolute Gasteiger partial charge is 0.226 e. The van der Waals surface area contributed by atoms with E-state index in [-0.39, 0.29) is 11.9 Å². The van der Waals surface area contributed by atoms with Crippen molar-refractivity contribution >= 4 is 17.4 Å². The van der Waals surface area contributed by atoms with Crippen molar-refractivity contribution in [3.8, 4) is 0 Å². The Kier molecular flexibility index (Phi) is 5.24. The first kappa shape index (κ1) is 15.2. The third-order valence-corrected chi connectivity index (χ3v) is 4.14. The summed E-state index contributed by atoms with van der Waals surface area (Å²) in [7, 11) is 0. The molecule has 3 rings (SSSR count). The molecular formula is C16H24N4O2. The largest absolute Gasteiger partial charge is 0.378 e. The lowest BCUT2D eigenvalue weighted by Gasteiger charge is -2.27. The number of nitrogens with one attached hydrogen (secondary N) is 2. The second-order valence-electron chi connectivity index (χ2n) is 5.93. The summed E-state index contributed by atoms with van der Waals surface area (Å²) in [5.74, 6) is 0.996. The maximum absolute atomic E-state index is 12.0. The second-order valence-corrected chi connectivity index (χ2v) is 5.93. The van der Waals surface area contributed by atoms with Gasteiger partial charge < -0.3 is 20.3 Å². The SMILES string of the molecule is O=C(CC1COCCN1)Nc1ccc(N2CCCCC2)nc1. The number of pyridine rings is 1. The van der Waals surface area contributed by atoms with Crippen LogP contribution in [-0.2, 0) is 9.53 Å². The zero-order chi connectivity index (χ0) is 15.2. The Morgan fingerprint density at radius 2 is 2.23 bits per heavy atom. The Morgan fingerprint density at radius 3 is 2.91 bits per heavy atom. The number of aromatic nitrogens is 1. The van der Waals surface area contributed by atoms with Crippen LogP contribution in [0.1, 0.15) is 25.7 Å². The van der Waals surface area contributed by atoms with Crippen LogP contribution in [0.5, 0.6) is 0 Å². The van der Waals surface area contributed by atoms with Crippen LogP contribution in [0, 0.1) is 0 Å². The zero-order valence-electron chi connectivity index (χ0n) is 12.9. The molecule has 1 atom stereocenters. The van der Waals surface area contributed by atoms with Crippen molar-refractivity contribution in [1.29, 1.82) is 0 Å². The summed E-state index contributed by atoms with van der Waals surface area (Å²) < 4.78 is 5.36. The van der Waals surface area contributed by atoms with E-state index in [4.69, 9.17) is 4.74 Å². The molecule has 1 amide bonds. The minimum atomic E-state index is -0.00415. The van der Waals surface area contributed by atoms with Gasteiger partial charge in [-0.05, 0) is 31.4 Å². The quantitative estimate of drug-likeness (QED) is 0.880. The lowest BCUT2D eigenvalue weighted by Crippen LogP contribution is -2.43. The number of hydrogen-bond acceptors (Lipinski definition) is 5. The van der Waals surface area contributed by atoms with E-state index in [1.54, 1.807) is 6.20 Å². The van der Waals surface area contributed by atoms with Crippen molar-refractivity contribution in [2.45, 2.75) is 31.7 Å². The van der Waals surface area contributed by atoms with E-state index in [1.165, 1.54) is 19.3 Å². The monoisotopic (exact) mass is 304 g/mol. The molecule has 0 radical (unpaired) electrons. The number of morpholine rings is 1. The van der Waals surface area contributed by atoms with Gasteiger partial charge in [-0.15, -0.1) is 0 Å². The number of nitrogens with zero attached hydrogens (tertiary/aromatic N) is 2. The predicted octanol–water partition coefficient (Wildman–Crippen LogP) is 1.39. The van der Waals surface area contributed by atoms with Gasteiger partial charge in [-0.25, -0.2) is 4.98 Å². The Hall–Kier alpha value is -1.66. The first-order valence-corrected chi connectivity index (χ1v) is 8.13. The molecule has 1 aromatic rings. The molecular weight excluding hydrogens is 280 g/mol. The summed E-state index contributed by atoms with van der Waals surface area (Å²) >= 11 is 0. The van der Waals surface area contributed by atoms with Gasteiger partial charge in [0.15, 0.2) is 0 Å².